The van der Waals surface area contributed by atoms with E-state index in [-0.39, 0.29) is 10.6 Å². The number of rotatable bonds is 7. The minimum absolute atomic E-state index is 0.150. The fraction of sp³-hybridized carbons (Fsp3) is 0.500. The van der Waals surface area contributed by atoms with Crippen molar-refractivity contribution in [2.24, 2.45) is 0 Å². The SMILES string of the molecule is CCCC[N+]1(CCCC)C(S)=Cc2cc([N+](=O)[O-])ccc21. The molecule has 1 aromatic carbocycles. The average molecular weight is 307 g/mol. The second-order valence-corrected chi connectivity index (χ2v) is 6.08. The lowest BCUT2D eigenvalue weighted by Gasteiger charge is -2.35. The van der Waals surface area contributed by atoms with Gasteiger partial charge >= 0.3 is 0 Å². The van der Waals surface area contributed by atoms with Crippen LogP contribution >= 0.6 is 12.6 Å². The molecule has 2 rings (SSSR count). The van der Waals surface area contributed by atoms with E-state index in [0.717, 1.165) is 59.5 Å². The number of fused-ring (bicyclic) bond motifs is 1. The van der Waals surface area contributed by atoms with Crippen molar-refractivity contribution in [3.8, 4) is 0 Å². The number of unbranched alkanes of at least 4 members (excludes halogenated alkanes) is 2. The maximum Gasteiger partial charge on any atom is 0.270 e. The van der Waals surface area contributed by atoms with Gasteiger partial charge in [0.1, 0.15) is 5.69 Å². The first-order valence-corrected chi connectivity index (χ1v) is 8.07. The largest absolute Gasteiger partial charge is 0.270 e. The van der Waals surface area contributed by atoms with E-state index in [1.165, 1.54) is 0 Å². The minimum atomic E-state index is -0.336. The minimum Gasteiger partial charge on any atom is -0.258 e. The third-order valence-electron chi connectivity index (χ3n) is 4.19. The molecule has 1 heterocycles. The van der Waals surface area contributed by atoms with Gasteiger partial charge in [-0.3, -0.25) is 14.6 Å². The number of nitrogens with zero attached hydrogens (tertiary/aromatic N) is 2. The summed E-state index contributed by atoms with van der Waals surface area (Å²) in [6.07, 6.45) is 6.51. The zero-order valence-electron chi connectivity index (χ0n) is 12.7. The van der Waals surface area contributed by atoms with Gasteiger partial charge in [0.05, 0.1) is 18.0 Å². The number of hydrogen-bond acceptors (Lipinski definition) is 3. The smallest absolute Gasteiger partial charge is 0.258 e. The number of nitro benzene ring substituents is 1. The van der Waals surface area contributed by atoms with Crippen LogP contribution in [0.5, 0.6) is 0 Å². The molecule has 0 atom stereocenters. The van der Waals surface area contributed by atoms with Crippen molar-refractivity contribution < 1.29 is 4.92 Å². The molecule has 114 valence electrons. The maximum absolute atomic E-state index is 10.9. The summed E-state index contributed by atoms with van der Waals surface area (Å²) in [6, 6.07) is 5.20. The molecule has 21 heavy (non-hydrogen) atoms. The van der Waals surface area contributed by atoms with Gasteiger partial charge in [-0.15, -0.1) is 0 Å². The Bertz CT molecular complexity index is 561. The van der Waals surface area contributed by atoms with E-state index in [9.17, 15) is 10.1 Å². The van der Waals surface area contributed by atoms with Gasteiger partial charge < -0.3 is 0 Å². The molecule has 0 unspecified atom stereocenters. The van der Waals surface area contributed by atoms with Crippen molar-refractivity contribution in [1.29, 1.82) is 0 Å². The molecule has 0 saturated carbocycles. The molecule has 1 aliphatic rings. The van der Waals surface area contributed by atoms with Crippen LogP contribution in [0.25, 0.3) is 6.08 Å². The molecule has 0 aromatic heterocycles. The molecule has 0 amide bonds. The van der Waals surface area contributed by atoms with Crippen LogP contribution in [0, 0.1) is 10.1 Å². The highest BCUT2D eigenvalue weighted by molar-refractivity contribution is 7.84. The van der Waals surface area contributed by atoms with Crippen molar-refractivity contribution in [2.75, 3.05) is 13.1 Å². The van der Waals surface area contributed by atoms with Gasteiger partial charge in [-0.2, -0.15) is 0 Å². The van der Waals surface area contributed by atoms with E-state index in [1.54, 1.807) is 12.1 Å². The summed E-state index contributed by atoms with van der Waals surface area (Å²) in [5, 5.41) is 12.0. The summed E-state index contributed by atoms with van der Waals surface area (Å²) >= 11 is 4.71. The summed E-state index contributed by atoms with van der Waals surface area (Å²) in [6.45, 7) is 6.39. The Labute approximate surface area is 131 Å². The zero-order chi connectivity index (χ0) is 15.5. The van der Waals surface area contributed by atoms with E-state index in [2.05, 4.69) is 13.8 Å². The molecule has 1 aliphatic heterocycles. The standard InChI is InChI=1S/C16H22N2O2S/c1-3-5-9-18(10-6-4-2)15-8-7-14(17(19)20)11-13(15)12-16(18)21/h7-8,11-12H,3-6,9-10H2,1-2H3/p+1. The van der Waals surface area contributed by atoms with Crippen LogP contribution in [-0.4, -0.2) is 18.0 Å². The molecular formula is C16H23N2O2S+. The van der Waals surface area contributed by atoms with E-state index < -0.39 is 0 Å². The maximum atomic E-state index is 10.9. The predicted octanol–water partition coefficient (Wildman–Crippen LogP) is 4.74. The highest BCUT2D eigenvalue weighted by Gasteiger charge is 2.40. The monoisotopic (exact) mass is 307 g/mol. The van der Waals surface area contributed by atoms with Gasteiger partial charge in [0.2, 0.25) is 0 Å². The summed E-state index contributed by atoms with van der Waals surface area (Å²) in [7, 11) is 0. The van der Waals surface area contributed by atoms with Crippen molar-refractivity contribution in [3.05, 3.63) is 38.9 Å². The third kappa shape index (κ3) is 2.99. The van der Waals surface area contributed by atoms with Crippen LogP contribution in [-0.2, 0) is 0 Å². The van der Waals surface area contributed by atoms with Gasteiger partial charge in [-0.25, -0.2) is 0 Å². The van der Waals surface area contributed by atoms with Crippen LogP contribution in [0.2, 0.25) is 0 Å². The lowest BCUT2D eigenvalue weighted by Crippen LogP contribution is -2.46. The normalized spacial score (nSPS) is 15.7. The number of hydrogen-bond donors (Lipinski definition) is 1. The van der Waals surface area contributed by atoms with Crippen molar-refractivity contribution in [2.45, 2.75) is 39.5 Å². The van der Waals surface area contributed by atoms with Crippen molar-refractivity contribution in [1.82, 2.24) is 4.48 Å². The Hall–Kier alpha value is -1.33. The molecule has 0 aliphatic carbocycles. The number of benzene rings is 1. The fourth-order valence-corrected chi connectivity index (χ4v) is 3.43. The van der Waals surface area contributed by atoms with Gasteiger partial charge in [-0.05, 0) is 12.8 Å². The second kappa shape index (κ2) is 6.62. The van der Waals surface area contributed by atoms with E-state index in [4.69, 9.17) is 12.6 Å². The van der Waals surface area contributed by atoms with E-state index >= 15 is 0 Å². The Morgan fingerprint density at radius 1 is 1.19 bits per heavy atom. The average Bonchev–Trinajstić information content (AvgIpc) is 2.74. The van der Waals surface area contributed by atoms with Gasteiger partial charge in [0.25, 0.3) is 5.69 Å². The van der Waals surface area contributed by atoms with Gasteiger partial charge in [0.15, 0.2) is 5.03 Å². The molecule has 5 heteroatoms. The Morgan fingerprint density at radius 2 is 1.81 bits per heavy atom. The number of quaternary nitrogens is 1. The topological polar surface area (TPSA) is 43.1 Å². The first-order chi connectivity index (χ1) is 10.0. The highest BCUT2D eigenvalue weighted by atomic mass is 32.1. The van der Waals surface area contributed by atoms with E-state index in [0.29, 0.717) is 0 Å². The van der Waals surface area contributed by atoms with Crippen LogP contribution in [0.15, 0.2) is 23.2 Å². The lowest BCUT2D eigenvalue weighted by atomic mass is 10.1. The molecule has 0 spiro atoms. The first kappa shape index (κ1) is 16.0. The molecule has 0 bridgehead atoms. The van der Waals surface area contributed by atoms with Crippen LogP contribution < -0.4 is 4.48 Å². The summed E-state index contributed by atoms with van der Waals surface area (Å²) in [4.78, 5) is 10.6. The summed E-state index contributed by atoms with van der Waals surface area (Å²) in [5.74, 6) is 0. The lowest BCUT2D eigenvalue weighted by molar-refractivity contribution is -0.384. The first-order valence-electron chi connectivity index (χ1n) is 7.62. The second-order valence-electron chi connectivity index (χ2n) is 5.62. The van der Waals surface area contributed by atoms with Crippen molar-refractivity contribution >= 4 is 30.1 Å². The molecule has 4 nitrogen and oxygen atoms in total. The van der Waals surface area contributed by atoms with Gasteiger partial charge in [0, 0.05) is 29.8 Å². The molecule has 0 N–H and O–H groups in total. The molecular weight excluding hydrogens is 284 g/mol. The Kier molecular flexibility index (Phi) is 5.06. The molecule has 1 aromatic rings. The van der Waals surface area contributed by atoms with Crippen LogP contribution in [0.1, 0.15) is 45.1 Å². The van der Waals surface area contributed by atoms with Crippen LogP contribution in [0.3, 0.4) is 0 Å². The van der Waals surface area contributed by atoms with E-state index in [1.807, 2.05) is 12.1 Å². The zero-order valence-corrected chi connectivity index (χ0v) is 13.6. The highest BCUT2D eigenvalue weighted by Crippen LogP contribution is 2.44. The summed E-state index contributed by atoms with van der Waals surface area (Å²) in [5.41, 5.74) is 2.26. The molecule has 0 radical (unpaired) electrons. The number of thiol groups is 1. The number of nitro groups is 1. The third-order valence-corrected chi connectivity index (χ3v) is 4.70. The fourth-order valence-electron chi connectivity index (χ4n) is 2.98. The van der Waals surface area contributed by atoms with Gasteiger partial charge in [-0.1, -0.05) is 39.3 Å². The quantitative estimate of drug-likeness (QED) is 0.342. The van der Waals surface area contributed by atoms with Crippen molar-refractivity contribution in [3.63, 3.8) is 0 Å². The Balaban J connectivity index is 2.44. The Morgan fingerprint density at radius 3 is 2.33 bits per heavy atom. The summed E-state index contributed by atoms with van der Waals surface area (Å²) < 4.78 is 0.748. The molecule has 0 saturated heterocycles. The van der Waals surface area contributed by atoms with Crippen LogP contribution in [0.4, 0.5) is 11.4 Å². The predicted molar refractivity (Wildman–Crippen MR) is 91.4 cm³/mol. The molecule has 0 fully saturated rings. The number of non-ortho nitro benzene ring substituents is 1.